The topological polar surface area (TPSA) is 25.2 Å². The van der Waals surface area contributed by atoms with E-state index in [1.165, 1.54) is 22.3 Å². The number of fused-ring (bicyclic) bond motifs is 3. The quantitative estimate of drug-likeness (QED) is 0.218. The third-order valence-corrected chi connectivity index (χ3v) is 8.24. The Morgan fingerprint density at radius 3 is 1.57 bits per heavy atom. The summed E-state index contributed by atoms with van der Waals surface area (Å²) in [6, 6.07) is 59.9. The van der Waals surface area contributed by atoms with Crippen molar-refractivity contribution in [1.29, 1.82) is 0 Å². The number of benzene rings is 7. The van der Waals surface area contributed by atoms with E-state index >= 15 is 0 Å². The maximum atomic E-state index is 6.09. The minimum Gasteiger partial charge on any atom is -0.456 e. The molecule has 0 unspecified atom stereocenters. The molecule has 8 aromatic rings. The lowest BCUT2D eigenvalue weighted by Gasteiger charge is -2.17. The molecular weight excluding hydrogens is 534 g/mol. The van der Waals surface area contributed by atoms with E-state index in [9.17, 15) is 0 Å². The summed E-state index contributed by atoms with van der Waals surface area (Å²) in [5, 5.41) is 6.07. The predicted molar refractivity (Wildman–Crippen MR) is 185 cm³/mol. The summed E-state index contributed by atoms with van der Waals surface area (Å²) >= 11 is 0. The van der Waals surface area contributed by atoms with Crippen LogP contribution >= 0.6 is 0 Å². The number of rotatable bonds is 6. The van der Waals surface area contributed by atoms with Crippen LogP contribution in [0.2, 0.25) is 0 Å². The molecule has 0 spiro atoms. The van der Waals surface area contributed by atoms with Crippen LogP contribution in [0.3, 0.4) is 0 Å². The number of anilines is 2. The molecule has 1 heterocycles. The number of nitrogens with one attached hydrogen (secondary N) is 1. The first-order valence-electron chi connectivity index (χ1n) is 14.9. The lowest BCUT2D eigenvalue weighted by atomic mass is 9.95. The van der Waals surface area contributed by atoms with Gasteiger partial charge in [-0.15, -0.1) is 0 Å². The zero-order valence-electron chi connectivity index (χ0n) is 24.1. The Labute approximate surface area is 256 Å². The largest absolute Gasteiger partial charge is 0.456 e. The molecule has 2 heteroatoms. The molecule has 0 aliphatic rings. The predicted octanol–water partition coefficient (Wildman–Crippen LogP) is 12.0. The molecule has 0 radical (unpaired) electrons. The summed E-state index contributed by atoms with van der Waals surface area (Å²) in [4.78, 5) is 0. The van der Waals surface area contributed by atoms with Crippen molar-refractivity contribution in [2.45, 2.75) is 0 Å². The molecular formula is C42H29NO. The van der Waals surface area contributed by atoms with Crippen molar-refractivity contribution in [3.63, 3.8) is 0 Å². The van der Waals surface area contributed by atoms with Gasteiger partial charge in [0.05, 0.1) is 0 Å². The Morgan fingerprint density at radius 1 is 0.341 bits per heavy atom. The van der Waals surface area contributed by atoms with Gasteiger partial charge in [0.2, 0.25) is 0 Å². The molecule has 208 valence electrons. The maximum absolute atomic E-state index is 6.09. The fourth-order valence-corrected chi connectivity index (χ4v) is 6.04. The second-order valence-corrected chi connectivity index (χ2v) is 11.1. The molecule has 44 heavy (non-hydrogen) atoms. The van der Waals surface area contributed by atoms with E-state index < -0.39 is 0 Å². The van der Waals surface area contributed by atoms with Crippen LogP contribution in [0, 0.1) is 0 Å². The molecule has 0 aliphatic heterocycles. The highest BCUT2D eigenvalue weighted by atomic mass is 16.3. The first kappa shape index (κ1) is 25.8. The molecule has 0 amide bonds. The molecule has 2 nitrogen and oxygen atoms in total. The van der Waals surface area contributed by atoms with Crippen LogP contribution in [-0.4, -0.2) is 0 Å². The van der Waals surface area contributed by atoms with Gasteiger partial charge in [0, 0.05) is 27.7 Å². The SMILES string of the molecule is c1ccc(-c2cc(Nc3ccc(-c4ccc5oc6ccccc6c5c4)cc3-c3ccccc3)cc(-c3ccccc3)c2)cc1. The third-order valence-electron chi connectivity index (χ3n) is 8.24. The van der Waals surface area contributed by atoms with Gasteiger partial charge in [-0.25, -0.2) is 0 Å². The Balaban J connectivity index is 1.24. The van der Waals surface area contributed by atoms with Gasteiger partial charge >= 0.3 is 0 Å². The van der Waals surface area contributed by atoms with Crippen molar-refractivity contribution >= 4 is 33.3 Å². The Kier molecular flexibility index (Phi) is 6.51. The van der Waals surface area contributed by atoms with Crippen molar-refractivity contribution in [2.75, 3.05) is 5.32 Å². The molecule has 0 fully saturated rings. The second kappa shape index (κ2) is 11.1. The lowest BCUT2D eigenvalue weighted by molar-refractivity contribution is 0.669. The first-order chi connectivity index (χ1) is 21.8. The molecule has 0 aliphatic carbocycles. The van der Waals surface area contributed by atoms with Crippen molar-refractivity contribution in [3.05, 3.63) is 170 Å². The second-order valence-electron chi connectivity index (χ2n) is 11.1. The van der Waals surface area contributed by atoms with Crippen LogP contribution < -0.4 is 5.32 Å². The van der Waals surface area contributed by atoms with Gasteiger partial charge in [0.15, 0.2) is 0 Å². The molecule has 1 aromatic heterocycles. The van der Waals surface area contributed by atoms with Gasteiger partial charge in [0.1, 0.15) is 11.2 Å². The molecule has 0 saturated carbocycles. The van der Waals surface area contributed by atoms with Gasteiger partial charge < -0.3 is 9.73 Å². The molecule has 0 atom stereocenters. The summed E-state index contributed by atoms with van der Waals surface area (Å²) < 4.78 is 6.09. The summed E-state index contributed by atoms with van der Waals surface area (Å²) in [6.45, 7) is 0. The van der Waals surface area contributed by atoms with Crippen molar-refractivity contribution in [3.8, 4) is 44.5 Å². The molecule has 0 saturated heterocycles. The van der Waals surface area contributed by atoms with Gasteiger partial charge in [0.25, 0.3) is 0 Å². The standard InChI is InChI=1S/C42H29NO/c1-4-12-29(13-5-1)34-24-35(30-14-6-2-7-15-30)26-36(25-34)43-40-22-20-32(27-38(40)31-16-8-3-9-17-31)33-21-23-42-39(28-33)37-18-10-11-19-41(37)44-42/h1-28,43H. The summed E-state index contributed by atoms with van der Waals surface area (Å²) in [5.74, 6) is 0. The van der Waals surface area contributed by atoms with Gasteiger partial charge in [-0.2, -0.15) is 0 Å². The number of furan rings is 1. The third kappa shape index (κ3) is 4.93. The van der Waals surface area contributed by atoms with E-state index in [4.69, 9.17) is 4.42 Å². The summed E-state index contributed by atoms with van der Waals surface area (Å²) in [5.41, 5.74) is 13.3. The summed E-state index contributed by atoms with van der Waals surface area (Å²) in [7, 11) is 0. The van der Waals surface area contributed by atoms with Crippen LogP contribution in [0.1, 0.15) is 0 Å². The summed E-state index contributed by atoms with van der Waals surface area (Å²) in [6.07, 6.45) is 0. The molecule has 7 aromatic carbocycles. The molecule has 8 rings (SSSR count). The molecule has 1 N–H and O–H groups in total. The highest BCUT2D eigenvalue weighted by Crippen LogP contribution is 2.38. The monoisotopic (exact) mass is 563 g/mol. The highest BCUT2D eigenvalue weighted by Gasteiger charge is 2.13. The lowest BCUT2D eigenvalue weighted by Crippen LogP contribution is -1.96. The van der Waals surface area contributed by atoms with Crippen LogP contribution in [-0.2, 0) is 0 Å². The average molecular weight is 564 g/mol. The van der Waals surface area contributed by atoms with E-state index in [0.717, 1.165) is 55.6 Å². The van der Waals surface area contributed by atoms with Crippen molar-refractivity contribution in [2.24, 2.45) is 0 Å². The number of para-hydroxylation sites is 1. The van der Waals surface area contributed by atoms with Gasteiger partial charge in [-0.1, -0.05) is 121 Å². The first-order valence-corrected chi connectivity index (χ1v) is 14.9. The van der Waals surface area contributed by atoms with Gasteiger partial charge in [-0.3, -0.25) is 0 Å². The maximum Gasteiger partial charge on any atom is 0.135 e. The van der Waals surface area contributed by atoms with E-state index in [0.29, 0.717) is 0 Å². The van der Waals surface area contributed by atoms with E-state index in [1.807, 2.05) is 12.1 Å². The number of hydrogen-bond donors (Lipinski definition) is 1. The minimum absolute atomic E-state index is 0.907. The molecule has 0 bridgehead atoms. The van der Waals surface area contributed by atoms with Crippen LogP contribution in [0.15, 0.2) is 174 Å². The van der Waals surface area contributed by atoms with Crippen LogP contribution in [0.4, 0.5) is 11.4 Å². The Hall–Kier alpha value is -5.86. The van der Waals surface area contributed by atoms with E-state index in [-0.39, 0.29) is 0 Å². The Bertz CT molecular complexity index is 2170. The van der Waals surface area contributed by atoms with Crippen molar-refractivity contribution in [1.82, 2.24) is 0 Å². The van der Waals surface area contributed by atoms with Gasteiger partial charge in [-0.05, 0) is 87.5 Å². The fraction of sp³-hybridized carbons (Fsp3) is 0. The number of hydrogen-bond acceptors (Lipinski definition) is 2. The smallest absolute Gasteiger partial charge is 0.135 e. The van der Waals surface area contributed by atoms with Crippen molar-refractivity contribution < 1.29 is 4.42 Å². The van der Waals surface area contributed by atoms with E-state index in [2.05, 4.69) is 163 Å². The van der Waals surface area contributed by atoms with Crippen LogP contribution in [0.25, 0.3) is 66.4 Å². The highest BCUT2D eigenvalue weighted by molar-refractivity contribution is 6.06. The average Bonchev–Trinajstić information content (AvgIpc) is 3.47. The minimum atomic E-state index is 0.907. The van der Waals surface area contributed by atoms with Crippen LogP contribution in [0.5, 0.6) is 0 Å². The zero-order chi connectivity index (χ0) is 29.3. The normalized spacial score (nSPS) is 11.2. The Morgan fingerprint density at radius 2 is 0.886 bits per heavy atom. The zero-order valence-corrected chi connectivity index (χ0v) is 24.1. The van der Waals surface area contributed by atoms with E-state index in [1.54, 1.807) is 0 Å². The fourth-order valence-electron chi connectivity index (χ4n) is 6.04.